The number of ether oxygens (including phenoxy) is 4. The molecule has 226 valence electrons. The number of rotatable bonds is 8. The van der Waals surface area contributed by atoms with Crippen molar-refractivity contribution in [3.63, 3.8) is 0 Å². The number of methoxy groups -OCH3 is 2. The maximum absolute atomic E-state index is 13.4. The number of aliphatic hydroxyl groups excluding tert-OH is 2. The lowest BCUT2D eigenvalue weighted by atomic mass is 9.82. The van der Waals surface area contributed by atoms with Gasteiger partial charge in [0.2, 0.25) is 12.0 Å². The van der Waals surface area contributed by atoms with E-state index in [0.29, 0.717) is 16.7 Å². The van der Waals surface area contributed by atoms with E-state index in [1.54, 1.807) is 64.3 Å². The predicted molar refractivity (Wildman–Crippen MR) is 161 cm³/mol. The van der Waals surface area contributed by atoms with E-state index in [1.807, 2.05) is 31.2 Å². The van der Waals surface area contributed by atoms with Crippen LogP contribution in [0.5, 0.6) is 17.2 Å². The van der Waals surface area contributed by atoms with Gasteiger partial charge in [-0.2, -0.15) is 0 Å². The summed E-state index contributed by atoms with van der Waals surface area (Å²) in [6, 6.07) is 17.9. The lowest BCUT2D eigenvalue weighted by Gasteiger charge is -2.46. The first-order valence-electron chi connectivity index (χ1n) is 14.1. The zero-order valence-electron chi connectivity index (χ0n) is 25.0. The van der Waals surface area contributed by atoms with Crippen LogP contribution in [0.15, 0.2) is 69.9 Å². The summed E-state index contributed by atoms with van der Waals surface area (Å²) >= 11 is 0. The Morgan fingerprint density at radius 2 is 1.70 bits per heavy atom. The molecule has 1 aromatic heterocycles. The summed E-state index contributed by atoms with van der Waals surface area (Å²) in [5.41, 5.74) is 2.04. The van der Waals surface area contributed by atoms with Gasteiger partial charge in [-0.25, -0.2) is 4.79 Å². The molecular formula is C34H36O9. The smallest absolute Gasteiger partial charge is 0.340 e. The van der Waals surface area contributed by atoms with E-state index < -0.39 is 29.7 Å². The Morgan fingerprint density at radius 3 is 2.40 bits per heavy atom. The fourth-order valence-electron chi connectivity index (χ4n) is 5.35. The second-order valence-electron chi connectivity index (χ2n) is 11.4. The van der Waals surface area contributed by atoms with E-state index in [-0.39, 0.29) is 40.8 Å². The van der Waals surface area contributed by atoms with Crippen LogP contribution in [0.25, 0.3) is 22.1 Å². The van der Waals surface area contributed by atoms with Crippen molar-refractivity contribution in [1.29, 1.82) is 0 Å². The first kappa shape index (κ1) is 30.3. The van der Waals surface area contributed by atoms with Gasteiger partial charge in [0.05, 0.1) is 25.9 Å². The summed E-state index contributed by atoms with van der Waals surface area (Å²) in [7, 11) is 2.98. The second kappa shape index (κ2) is 11.8. The number of hydrogen-bond acceptors (Lipinski definition) is 9. The van der Waals surface area contributed by atoms with Gasteiger partial charge in [-0.3, -0.25) is 4.79 Å². The summed E-state index contributed by atoms with van der Waals surface area (Å²) < 4.78 is 28.6. The van der Waals surface area contributed by atoms with Gasteiger partial charge in [0.25, 0.3) is 0 Å². The molecule has 43 heavy (non-hydrogen) atoms. The van der Waals surface area contributed by atoms with Crippen LogP contribution in [0, 0.1) is 12.8 Å². The Kier molecular flexibility index (Phi) is 8.34. The van der Waals surface area contributed by atoms with Gasteiger partial charge >= 0.3 is 5.63 Å². The lowest BCUT2D eigenvalue weighted by Crippen LogP contribution is -2.59. The molecule has 0 saturated carbocycles. The van der Waals surface area contributed by atoms with E-state index in [2.05, 4.69) is 0 Å². The van der Waals surface area contributed by atoms with Crippen LogP contribution in [-0.2, 0) is 11.2 Å². The predicted octanol–water partition coefficient (Wildman–Crippen LogP) is 5.08. The molecule has 1 unspecified atom stereocenters. The van der Waals surface area contributed by atoms with Crippen LogP contribution in [0.2, 0.25) is 0 Å². The topological polar surface area (TPSA) is 125 Å². The molecule has 1 saturated heterocycles. The van der Waals surface area contributed by atoms with Gasteiger partial charge in [-0.1, -0.05) is 36.8 Å². The summed E-state index contributed by atoms with van der Waals surface area (Å²) in [4.78, 5) is 26.4. The zero-order valence-corrected chi connectivity index (χ0v) is 25.0. The molecule has 4 atom stereocenters. The summed E-state index contributed by atoms with van der Waals surface area (Å²) in [5.74, 6) is 0.315. The van der Waals surface area contributed by atoms with Crippen molar-refractivity contribution in [2.45, 2.75) is 58.2 Å². The number of carbonyl (C=O) groups is 1. The van der Waals surface area contributed by atoms with Crippen LogP contribution >= 0.6 is 0 Å². The fourth-order valence-corrected chi connectivity index (χ4v) is 5.35. The number of ketones is 1. The van der Waals surface area contributed by atoms with Crippen molar-refractivity contribution in [2.75, 3.05) is 14.2 Å². The highest BCUT2D eigenvalue weighted by molar-refractivity contribution is 5.99. The SMILES string of the molecule is COc1ccc(C(=O)Cc2cc3ccc(O[C@@H]4OC(C)(C)[C@H](C)[C@H](O)C4O)c(OC)c3oc2=O)cc1-c1cccc(C)c1. The monoisotopic (exact) mass is 588 g/mol. The molecule has 0 bridgehead atoms. The summed E-state index contributed by atoms with van der Waals surface area (Å²) in [6.07, 6.45) is -3.75. The highest BCUT2D eigenvalue weighted by Gasteiger charge is 2.48. The minimum Gasteiger partial charge on any atom is -0.496 e. The quantitative estimate of drug-likeness (QED) is 0.214. The van der Waals surface area contributed by atoms with Crippen molar-refractivity contribution < 1.29 is 38.4 Å². The molecule has 9 nitrogen and oxygen atoms in total. The number of fused-ring (bicyclic) bond motifs is 1. The van der Waals surface area contributed by atoms with Gasteiger partial charge in [0, 0.05) is 34.4 Å². The first-order chi connectivity index (χ1) is 20.4. The molecule has 0 aliphatic carbocycles. The summed E-state index contributed by atoms with van der Waals surface area (Å²) in [5, 5.41) is 21.6. The fraction of sp³-hybridized carbons (Fsp3) is 0.353. The lowest BCUT2D eigenvalue weighted by molar-refractivity contribution is -0.285. The Morgan fingerprint density at radius 1 is 0.953 bits per heavy atom. The minimum atomic E-state index is -1.31. The molecule has 1 fully saturated rings. The van der Waals surface area contributed by atoms with Crippen LogP contribution in [0.1, 0.15) is 42.3 Å². The number of benzene rings is 3. The van der Waals surface area contributed by atoms with Crippen LogP contribution in [0.3, 0.4) is 0 Å². The van der Waals surface area contributed by atoms with E-state index in [9.17, 15) is 19.8 Å². The number of aliphatic hydroxyl groups is 2. The van der Waals surface area contributed by atoms with Gasteiger partial charge in [0.1, 0.15) is 11.9 Å². The van der Waals surface area contributed by atoms with Gasteiger partial charge in [0.15, 0.2) is 17.1 Å². The molecule has 2 heterocycles. The third-order valence-electron chi connectivity index (χ3n) is 8.20. The van der Waals surface area contributed by atoms with E-state index in [1.165, 1.54) is 7.11 Å². The molecule has 0 amide bonds. The number of Topliss-reactive ketones (excluding diaryl/α,β-unsaturated/α-hetero) is 1. The normalized spacial score (nSPS) is 21.4. The van der Waals surface area contributed by atoms with Crippen LogP contribution in [0.4, 0.5) is 0 Å². The Labute approximate surface area is 249 Å². The molecule has 1 aliphatic heterocycles. The average Bonchev–Trinajstić information content (AvgIpc) is 2.98. The van der Waals surface area contributed by atoms with Gasteiger partial charge < -0.3 is 33.6 Å². The molecule has 3 aromatic carbocycles. The standard InChI is InChI=1S/C34H36O9/c1-18-8-7-9-20(14-18)24-16-21(10-12-26(24)39-5)25(35)17-23-15-22-11-13-27(31(40-6)30(22)42-32(23)38)41-33-29(37)28(36)19(2)34(3,4)43-33/h7-16,19,28-29,33,36-37H,17H2,1-6H3/t19-,28+,29?,33-/m1/s1. The molecule has 0 radical (unpaired) electrons. The molecular weight excluding hydrogens is 552 g/mol. The van der Waals surface area contributed by atoms with Crippen LogP contribution in [-0.4, -0.2) is 54.3 Å². The maximum Gasteiger partial charge on any atom is 0.340 e. The number of carbonyl (C=O) groups excluding carboxylic acids is 1. The van der Waals surface area contributed by atoms with Crippen molar-refractivity contribution in [2.24, 2.45) is 5.92 Å². The van der Waals surface area contributed by atoms with E-state index in [0.717, 1.165) is 16.7 Å². The third kappa shape index (κ3) is 5.88. The van der Waals surface area contributed by atoms with E-state index >= 15 is 0 Å². The molecule has 0 spiro atoms. The molecule has 9 heteroatoms. The minimum absolute atomic E-state index is 0.117. The van der Waals surface area contributed by atoms with E-state index in [4.69, 9.17) is 23.4 Å². The second-order valence-corrected chi connectivity index (χ2v) is 11.4. The van der Waals surface area contributed by atoms with Crippen molar-refractivity contribution in [3.8, 4) is 28.4 Å². The number of hydrogen-bond donors (Lipinski definition) is 2. The Hall–Kier alpha value is -4.18. The zero-order chi connectivity index (χ0) is 31.1. The van der Waals surface area contributed by atoms with Gasteiger partial charge in [-0.15, -0.1) is 0 Å². The van der Waals surface area contributed by atoms with Crippen LogP contribution < -0.4 is 19.8 Å². The van der Waals surface area contributed by atoms with Crippen molar-refractivity contribution >= 4 is 16.8 Å². The average molecular weight is 589 g/mol. The summed E-state index contributed by atoms with van der Waals surface area (Å²) in [6.45, 7) is 7.39. The largest absolute Gasteiger partial charge is 0.496 e. The molecule has 5 rings (SSSR count). The molecule has 2 N–H and O–H groups in total. The Bertz CT molecular complexity index is 1720. The van der Waals surface area contributed by atoms with Crippen molar-refractivity contribution in [3.05, 3.63) is 87.8 Å². The first-order valence-corrected chi connectivity index (χ1v) is 14.1. The highest BCUT2D eigenvalue weighted by Crippen LogP contribution is 2.40. The third-order valence-corrected chi connectivity index (χ3v) is 8.20. The molecule has 4 aromatic rings. The van der Waals surface area contributed by atoms with Gasteiger partial charge in [-0.05, 0) is 62.7 Å². The molecule has 1 aliphatic rings. The Balaban J connectivity index is 1.43. The highest BCUT2D eigenvalue weighted by atomic mass is 16.7. The maximum atomic E-state index is 13.4. The number of aryl methyl sites for hydroxylation is 1. The van der Waals surface area contributed by atoms with Crippen molar-refractivity contribution in [1.82, 2.24) is 0 Å².